The number of benzene rings is 1. The van der Waals surface area contributed by atoms with Gasteiger partial charge in [-0.25, -0.2) is 4.90 Å². The first-order valence-electron chi connectivity index (χ1n) is 7.19. The lowest BCUT2D eigenvalue weighted by Crippen LogP contribution is -2.49. The molecule has 2 aliphatic heterocycles. The van der Waals surface area contributed by atoms with Crippen molar-refractivity contribution in [2.45, 2.75) is 25.6 Å². The lowest BCUT2D eigenvalue weighted by Gasteiger charge is -2.29. The molecule has 2 aliphatic rings. The highest BCUT2D eigenvalue weighted by atomic mass is 35.5. The van der Waals surface area contributed by atoms with Crippen molar-refractivity contribution in [3.8, 4) is 0 Å². The van der Waals surface area contributed by atoms with Gasteiger partial charge in [-0.1, -0.05) is 11.6 Å². The minimum atomic E-state index is -1.62. The molecular weight excluding hydrogens is 368 g/mol. The van der Waals surface area contributed by atoms with Gasteiger partial charge in [-0.2, -0.15) is 5.01 Å². The van der Waals surface area contributed by atoms with Crippen LogP contribution < -0.4 is 10.2 Å². The van der Waals surface area contributed by atoms with Crippen molar-refractivity contribution in [1.82, 2.24) is 10.3 Å². The summed E-state index contributed by atoms with van der Waals surface area (Å²) in [4.78, 5) is 48.1. The molecule has 0 aromatic heterocycles. The van der Waals surface area contributed by atoms with Crippen LogP contribution in [0.1, 0.15) is 26.3 Å². The fourth-order valence-corrected chi connectivity index (χ4v) is 4.30. The Morgan fingerprint density at radius 3 is 2.44 bits per heavy atom. The molecule has 10 heteroatoms. The van der Waals surface area contributed by atoms with Crippen molar-refractivity contribution < 1.29 is 19.2 Å². The van der Waals surface area contributed by atoms with E-state index in [1.165, 1.54) is 26.8 Å². The lowest BCUT2D eigenvalue weighted by molar-refractivity contribution is -0.140. The first kappa shape index (κ1) is 17.4. The second kappa shape index (κ2) is 5.85. The van der Waals surface area contributed by atoms with Gasteiger partial charge < -0.3 is 5.32 Å². The zero-order chi connectivity index (χ0) is 18.5. The van der Waals surface area contributed by atoms with E-state index in [1.54, 1.807) is 12.1 Å². The number of halogens is 1. The standard InChI is InChI=1S/C15H13ClN4O4S/c1-7(21)17-14-18-20(9(3)23)15(25-14)11-6-10(16)4-5-12(11)19(8(2)22)13(15)24/h4-6H,1-3H3,(H,17,18,21)/t15-/m1/s1. The molecule has 0 aliphatic carbocycles. The number of anilines is 1. The second-order valence-electron chi connectivity index (χ2n) is 5.48. The van der Waals surface area contributed by atoms with Crippen molar-refractivity contribution in [1.29, 1.82) is 0 Å². The topological polar surface area (TPSA) is 99.2 Å². The monoisotopic (exact) mass is 380 g/mol. The van der Waals surface area contributed by atoms with Crippen molar-refractivity contribution in [2.75, 3.05) is 4.90 Å². The number of carbonyl (C=O) groups is 4. The molecule has 8 nitrogen and oxygen atoms in total. The molecule has 4 amide bonds. The van der Waals surface area contributed by atoms with Crippen molar-refractivity contribution in [3.63, 3.8) is 0 Å². The normalized spacial score (nSPS) is 21.4. The molecule has 0 unspecified atom stereocenters. The fraction of sp³-hybridized carbons (Fsp3) is 0.267. The molecule has 130 valence electrons. The van der Waals surface area contributed by atoms with Gasteiger partial charge in [-0.15, -0.1) is 5.10 Å². The maximum absolute atomic E-state index is 13.1. The largest absolute Gasteiger partial charge is 0.304 e. The Balaban J connectivity index is 2.22. The quantitative estimate of drug-likeness (QED) is 0.733. The molecule has 0 saturated heterocycles. The summed E-state index contributed by atoms with van der Waals surface area (Å²) in [6, 6.07) is 4.61. The van der Waals surface area contributed by atoms with Gasteiger partial charge in [0, 0.05) is 31.4 Å². The minimum absolute atomic E-state index is 0.0902. The van der Waals surface area contributed by atoms with Crippen LogP contribution in [-0.4, -0.2) is 33.8 Å². The van der Waals surface area contributed by atoms with Crippen LogP contribution in [0, 0.1) is 0 Å². The maximum atomic E-state index is 13.1. The minimum Gasteiger partial charge on any atom is -0.304 e. The number of hydrogen-bond acceptors (Lipinski definition) is 6. The molecule has 0 saturated carbocycles. The third kappa shape index (κ3) is 2.50. The van der Waals surface area contributed by atoms with E-state index in [4.69, 9.17) is 11.6 Å². The van der Waals surface area contributed by atoms with Gasteiger partial charge >= 0.3 is 0 Å². The van der Waals surface area contributed by atoms with Crippen LogP contribution >= 0.6 is 23.4 Å². The molecule has 1 spiro atoms. The average molecular weight is 381 g/mol. The smallest absolute Gasteiger partial charge is 0.277 e. The first-order chi connectivity index (χ1) is 11.7. The van der Waals surface area contributed by atoms with E-state index in [-0.39, 0.29) is 5.17 Å². The number of nitrogens with one attached hydrogen (secondary N) is 1. The molecule has 1 atom stereocenters. The molecule has 2 heterocycles. The van der Waals surface area contributed by atoms with Crippen molar-refractivity contribution in [3.05, 3.63) is 28.8 Å². The van der Waals surface area contributed by atoms with Crippen LogP contribution in [0.3, 0.4) is 0 Å². The summed E-state index contributed by atoms with van der Waals surface area (Å²) in [7, 11) is 0. The zero-order valence-electron chi connectivity index (χ0n) is 13.5. The summed E-state index contributed by atoms with van der Waals surface area (Å²) in [6.45, 7) is 3.79. The third-order valence-electron chi connectivity index (χ3n) is 3.69. The number of amides is 4. The number of amidine groups is 1. The molecule has 1 aromatic carbocycles. The summed E-state index contributed by atoms with van der Waals surface area (Å²) in [5.74, 6) is -2.05. The molecule has 0 fully saturated rings. The zero-order valence-corrected chi connectivity index (χ0v) is 15.1. The van der Waals surface area contributed by atoms with Crippen LogP contribution in [0.15, 0.2) is 23.3 Å². The molecule has 0 radical (unpaired) electrons. The maximum Gasteiger partial charge on any atom is 0.277 e. The summed E-state index contributed by atoms with van der Waals surface area (Å²) in [5, 5.41) is 7.95. The van der Waals surface area contributed by atoms with Crippen molar-refractivity contribution in [2.24, 2.45) is 5.10 Å². The number of hydrazone groups is 1. The number of thioether (sulfide) groups is 1. The fourth-order valence-electron chi connectivity index (χ4n) is 2.82. The Kier molecular flexibility index (Phi) is 4.08. The Labute approximate surface area is 152 Å². The highest BCUT2D eigenvalue weighted by Gasteiger charge is 2.62. The Hall–Kier alpha value is -2.39. The van der Waals surface area contributed by atoms with Crippen LogP contribution in [0.4, 0.5) is 5.69 Å². The summed E-state index contributed by atoms with van der Waals surface area (Å²) >= 11 is 6.96. The van der Waals surface area contributed by atoms with E-state index in [9.17, 15) is 19.2 Å². The van der Waals surface area contributed by atoms with Crippen LogP contribution in [-0.2, 0) is 24.0 Å². The van der Waals surface area contributed by atoms with Crippen LogP contribution in [0.5, 0.6) is 0 Å². The van der Waals surface area contributed by atoms with Crippen LogP contribution in [0.2, 0.25) is 5.02 Å². The average Bonchev–Trinajstić information content (AvgIpc) is 2.98. The van der Waals surface area contributed by atoms with Crippen LogP contribution in [0.25, 0.3) is 0 Å². The van der Waals surface area contributed by atoms with Gasteiger partial charge in [0.1, 0.15) is 0 Å². The van der Waals surface area contributed by atoms with Gasteiger partial charge in [-0.3, -0.25) is 19.2 Å². The number of fused-ring (bicyclic) bond motifs is 2. The van der Waals surface area contributed by atoms with E-state index >= 15 is 0 Å². The molecule has 1 N–H and O–H groups in total. The van der Waals surface area contributed by atoms with E-state index in [0.717, 1.165) is 21.7 Å². The van der Waals surface area contributed by atoms with E-state index in [2.05, 4.69) is 10.4 Å². The summed E-state index contributed by atoms with van der Waals surface area (Å²) in [6.07, 6.45) is 0. The Bertz CT molecular complexity index is 871. The SMILES string of the molecule is CC(=O)NC1=NN(C(C)=O)[C@]2(S1)C(=O)N(C(C)=O)c1ccc(Cl)cc12. The molecule has 0 bridgehead atoms. The van der Waals surface area contributed by atoms with E-state index in [1.807, 2.05) is 0 Å². The van der Waals surface area contributed by atoms with Gasteiger partial charge in [-0.05, 0) is 30.0 Å². The second-order valence-corrected chi connectivity index (χ2v) is 7.10. The van der Waals surface area contributed by atoms with Gasteiger partial charge in [0.15, 0.2) is 5.17 Å². The Morgan fingerprint density at radius 1 is 1.20 bits per heavy atom. The summed E-state index contributed by atoms with van der Waals surface area (Å²) in [5.41, 5.74) is 0.699. The lowest BCUT2D eigenvalue weighted by atomic mass is 10.1. The van der Waals surface area contributed by atoms with Gasteiger partial charge in [0.05, 0.1) is 5.69 Å². The van der Waals surface area contributed by atoms with Gasteiger partial charge in [0.25, 0.3) is 5.91 Å². The third-order valence-corrected chi connectivity index (χ3v) is 5.16. The predicted molar refractivity (Wildman–Crippen MR) is 92.7 cm³/mol. The summed E-state index contributed by atoms with van der Waals surface area (Å²) < 4.78 is 0. The van der Waals surface area contributed by atoms with E-state index < -0.39 is 28.5 Å². The highest BCUT2D eigenvalue weighted by molar-refractivity contribution is 8.15. The van der Waals surface area contributed by atoms with E-state index in [0.29, 0.717) is 16.3 Å². The molecule has 1 aromatic rings. The Morgan fingerprint density at radius 2 is 1.88 bits per heavy atom. The number of carbonyl (C=O) groups excluding carboxylic acids is 4. The number of hydrogen-bond donors (Lipinski definition) is 1. The van der Waals surface area contributed by atoms with Gasteiger partial charge in [0.2, 0.25) is 22.6 Å². The first-order valence-corrected chi connectivity index (χ1v) is 8.39. The molecular formula is C15H13ClN4O4S. The number of imide groups is 1. The number of nitrogens with zero attached hydrogens (tertiary/aromatic N) is 3. The number of rotatable bonds is 0. The van der Waals surface area contributed by atoms with Crippen molar-refractivity contribution >= 4 is 57.8 Å². The highest BCUT2D eigenvalue weighted by Crippen LogP contribution is 2.54. The molecule has 3 rings (SSSR count). The molecule has 25 heavy (non-hydrogen) atoms. The predicted octanol–water partition coefficient (Wildman–Crippen LogP) is 1.39.